The lowest BCUT2D eigenvalue weighted by Crippen LogP contribution is -2.34. The van der Waals surface area contributed by atoms with Gasteiger partial charge in [-0.1, -0.05) is 18.7 Å². The van der Waals surface area contributed by atoms with E-state index in [0.717, 1.165) is 42.5 Å². The molecule has 0 radical (unpaired) electrons. The standard InChI is InChI=1S/C18H25N3OS2/c1-4-18(2)10-12-13(11-22-18)24-16-14(12)15(19-17(20-16)23-3)21-8-6-5-7-9-21/h4-11H2,1-3H3. The van der Waals surface area contributed by atoms with Gasteiger partial charge in [-0.15, -0.1) is 11.3 Å². The van der Waals surface area contributed by atoms with E-state index >= 15 is 0 Å². The quantitative estimate of drug-likeness (QED) is 0.586. The smallest absolute Gasteiger partial charge is 0.190 e. The van der Waals surface area contributed by atoms with Crippen LogP contribution in [0, 0.1) is 0 Å². The van der Waals surface area contributed by atoms with Crippen molar-refractivity contribution in [1.82, 2.24) is 9.97 Å². The van der Waals surface area contributed by atoms with Gasteiger partial charge in [0.15, 0.2) is 5.16 Å². The Hall–Kier alpha value is -0.850. The minimum absolute atomic E-state index is 0.0572. The maximum atomic E-state index is 6.16. The lowest BCUT2D eigenvalue weighted by molar-refractivity contribution is -0.0543. The number of piperidine rings is 1. The molecule has 2 aromatic rings. The minimum Gasteiger partial charge on any atom is -0.369 e. The van der Waals surface area contributed by atoms with E-state index in [2.05, 4.69) is 25.0 Å². The number of fused-ring (bicyclic) bond motifs is 3. The molecule has 1 fully saturated rings. The average Bonchev–Trinajstić information content (AvgIpc) is 2.99. The Morgan fingerprint density at radius 3 is 2.75 bits per heavy atom. The van der Waals surface area contributed by atoms with Crippen LogP contribution in [0.2, 0.25) is 0 Å². The number of thioether (sulfide) groups is 1. The largest absolute Gasteiger partial charge is 0.369 e. The fourth-order valence-corrected chi connectivity index (χ4v) is 5.20. The first-order valence-corrected chi connectivity index (χ1v) is 10.9. The SMILES string of the molecule is CCC1(C)Cc2c(sc3nc(SC)nc(N4CCCCC4)c23)CO1. The fraction of sp³-hybridized carbons (Fsp3) is 0.667. The zero-order valence-electron chi connectivity index (χ0n) is 14.7. The molecule has 0 aromatic carbocycles. The van der Waals surface area contributed by atoms with Gasteiger partial charge in [0.05, 0.1) is 17.6 Å². The Kier molecular flexibility index (Phi) is 4.47. The highest BCUT2D eigenvalue weighted by atomic mass is 32.2. The third-order valence-corrected chi connectivity index (χ3v) is 7.03. The summed E-state index contributed by atoms with van der Waals surface area (Å²) in [6, 6.07) is 0. The molecular formula is C18H25N3OS2. The van der Waals surface area contributed by atoms with E-state index in [1.165, 1.54) is 40.9 Å². The topological polar surface area (TPSA) is 38.2 Å². The van der Waals surface area contributed by atoms with Crippen molar-refractivity contribution in [2.75, 3.05) is 24.2 Å². The summed E-state index contributed by atoms with van der Waals surface area (Å²) in [7, 11) is 0. The van der Waals surface area contributed by atoms with Crippen molar-refractivity contribution < 1.29 is 4.74 Å². The number of nitrogens with zero attached hydrogens (tertiary/aromatic N) is 3. The molecule has 0 N–H and O–H groups in total. The Labute approximate surface area is 152 Å². The van der Waals surface area contributed by atoms with Crippen molar-refractivity contribution in [1.29, 1.82) is 0 Å². The van der Waals surface area contributed by atoms with E-state index in [0.29, 0.717) is 0 Å². The van der Waals surface area contributed by atoms with E-state index in [-0.39, 0.29) is 5.60 Å². The summed E-state index contributed by atoms with van der Waals surface area (Å²) < 4.78 is 6.16. The van der Waals surface area contributed by atoms with E-state index in [1.807, 2.05) is 0 Å². The first-order valence-electron chi connectivity index (χ1n) is 8.89. The molecule has 0 saturated carbocycles. The first-order chi connectivity index (χ1) is 11.6. The molecule has 4 nitrogen and oxygen atoms in total. The van der Waals surface area contributed by atoms with Gasteiger partial charge in [0, 0.05) is 24.4 Å². The van der Waals surface area contributed by atoms with Gasteiger partial charge in [0.2, 0.25) is 0 Å². The summed E-state index contributed by atoms with van der Waals surface area (Å²) >= 11 is 3.44. The summed E-state index contributed by atoms with van der Waals surface area (Å²) in [6.07, 6.45) is 7.94. The molecule has 2 aliphatic heterocycles. The molecule has 130 valence electrons. The van der Waals surface area contributed by atoms with Crippen LogP contribution in [-0.4, -0.2) is 34.9 Å². The third kappa shape index (κ3) is 2.82. The molecule has 2 aliphatic rings. The van der Waals surface area contributed by atoms with E-state index in [4.69, 9.17) is 14.7 Å². The van der Waals surface area contributed by atoms with Crippen molar-refractivity contribution in [2.24, 2.45) is 0 Å². The zero-order valence-corrected chi connectivity index (χ0v) is 16.4. The predicted molar refractivity (Wildman–Crippen MR) is 102 cm³/mol. The van der Waals surface area contributed by atoms with Gasteiger partial charge in [0.25, 0.3) is 0 Å². The Morgan fingerprint density at radius 1 is 1.25 bits per heavy atom. The molecule has 0 spiro atoms. The lowest BCUT2D eigenvalue weighted by Gasteiger charge is -2.34. The van der Waals surface area contributed by atoms with E-state index in [1.54, 1.807) is 23.1 Å². The van der Waals surface area contributed by atoms with Crippen molar-refractivity contribution >= 4 is 39.1 Å². The van der Waals surface area contributed by atoms with Gasteiger partial charge in [-0.3, -0.25) is 0 Å². The molecule has 0 bridgehead atoms. The number of thiophene rings is 1. The van der Waals surface area contributed by atoms with Crippen LogP contribution in [0.15, 0.2) is 5.16 Å². The van der Waals surface area contributed by atoms with Gasteiger partial charge >= 0.3 is 0 Å². The second-order valence-electron chi connectivity index (χ2n) is 7.03. The molecule has 6 heteroatoms. The molecule has 4 heterocycles. The normalized spacial score (nSPS) is 24.4. The van der Waals surface area contributed by atoms with Crippen LogP contribution >= 0.6 is 23.1 Å². The summed E-state index contributed by atoms with van der Waals surface area (Å²) in [4.78, 5) is 14.7. The number of ether oxygens (including phenoxy) is 1. The lowest BCUT2D eigenvalue weighted by atomic mass is 9.90. The summed E-state index contributed by atoms with van der Waals surface area (Å²) in [5.74, 6) is 1.17. The Balaban J connectivity index is 1.88. The first kappa shape index (κ1) is 16.6. The van der Waals surface area contributed by atoms with Gasteiger partial charge in [-0.05, 0) is 44.4 Å². The van der Waals surface area contributed by atoms with Crippen molar-refractivity contribution in [2.45, 2.75) is 63.3 Å². The highest BCUT2D eigenvalue weighted by Gasteiger charge is 2.34. The fourth-order valence-electron chi connectivity index (χ4n) is 3.69. The van der Waals surface area contributed by atoms with Crippen LogP contribution in [0.3, 0.4) is 0 Å². The average molecular weight is 364 g/mol. The predicted octanol–water partition coefficient (Wildman–Crippen LogP) is 4.64. The third-order valence-electron chi connectivity index (χ3n) is 5.38. The van der Waals surface area contributed by atoms with Crippen LogP contribution in [-0.2, 0) is 17.8 Å². The van der Waals surface area contributed by atoms with Crippen molar-refractivity contribution in [3.05, 3.63) is 10.4 Å². The van der Waals surface area contributed by atoms with Gasteiger partial charge < -0.3 is 9.64 Å². The molecule has 2 aromatic heterocycles. The molecular weight excluding hydrogens is 338 g/mol. The monoisotopic (exact) mass is 363 g/mol. The molecule has 0 amide bonds. The van der Waals surface area contributed by atoms with Crippen molar-refractivity contribution in [3.63, 3.8) is 0 Å². The van der Waals surface area contributed by atoms with Crippen LogP contribution in [0.25, 0.3) is 10.2 Å². The van der Waals surface area contributed by atoms with Gasteiger partial charge in [0.1, 0.15) is 10.6 Å². The number of hydrogen-bond donors (Lipinski definition) is 0. The van der Waals surface area contributed by atoms with Gasteiger partial charge in [-0.25, -0.2) is 9.97 Å². The minimum atomic E-state index is -0.0572. The maximum Gasteiger partial charge on any atom is 0.190 e. The number of anilines is 1. The highest BCUT2D eigenvalue weighted by Crippen LogP contribution is 2.43. The Bertz CT molecular complexity index is 754. The molecule has 4 rings (SSSR count). The molecule has 1 saturated heterocycles. The maximum absolute atomic E-state index is 6.16. The highest BCUT2D eigenvalue weighted by molar-refractivity contribution is 7.98. The molecule has 1 unspecified atom stereocenters. The van der Waals surface area contributed by atoms with Crippen LogP contribution in [0.4, 0.5) is 5.82 Å². The van der Waals surface area contributed by atoms with E-state index < -0.39 is 0 Å². The van der Waals surface area contributed by atoms with Crippen LogP contribution in [0.5, 0.6) is 0 Å². The molecule has 1 atom stereocenters. The Morgan fingerprint density at radius 2 is 2.04 bits per heavy atom. The van der Waals surface area contributed by atoms with Crippen molar-refractivity contribution in [3.8, 4) is 0 Å². The van der Waals surface area contributed by atoms with Crippen LogP contribution in [0.1, 0.15) is 50.0 Å². The van der Waals surface area contributed by atoms with Gasteiger partial charge in [-0.2, -0.15) is 0 Å². The number of hydrogen-bond acceptors (Lipinski definition) is 6. The summed E-state index contributed by atoms with van der Waals surface area (Å²) in [5, 5.41) is 2.19. The second kappa shape index (κ2) is 6.46. The summed E-state index contributed by atoms with van der Waals surface area (Å²) in [5.41, 5.74) is 1.39. The molecule has 24 heavy (non-hydrogen) atoms. The number of rotatable bonds is 3. The number of aromatic nitrogens is 2. The summed E-state index contributed by atoms with van der Waals surface area (Å²) in [6.45, 7) is 7.40. The second-order valence-corrected chi connectivity index (χ2v) is 8.89. The molecule has 0 aliphatic carbocycles. The zero-order chi connectivity index (χ0) is 16.7. The van der Waals surface area contributed by atoms with Crippen LogP contribution < -0.4 is 4.90 Å². The van der Waals surface area contributed by atoms with E-state index in [9.17, 15) is 0 Å².